The molecule has 2 nitrogen and oxygen atoms in total. The highest BCUT2D eigenvalue weighted by Gasteiger charge is 1.94. The van der Waals surface area contributed by atoms with E-state index in [0.29, 0.717) is 18.8 Å². The zero-order valence-electron chi connectivity index (χ0n) is 6.55. The zero-order chi connectivity index (χ0) is 8.53. The second-order valence-electron chi connectivity index (χ2n) is 2.25. The van der Waals surface area contributed by atoms with Crippen LogP contribution in [0.4, 0.5) is 0 Å². The average molecular weight is 176 g/mol. The maximum absolute atomic E-state index is 10.9. The van der Waals surface area contributed by atoms with Gasteiger partial charge in [0.1, 0.15) is 0 Å². The number of nitrogens with two attached hydrogens (primary N) is 1. The van der Waals surface area contributed by atoms with E-state index in [-0.39, 0.29) is 5.78 Å². The van der Waals surface area contributed by atoms with Crippen LogP contribution in [0.5, 0.6) is 0 Å². The van der Waals surface area contributed by atoms with Gasteiger partial charge in [0.25, 0.3) is 0 Å². The molecule has 11 heavy (non-hydrogen) atoms. The molecule has 0 fully saturated rings. The minimum absolute atomic E-state index is 0.139. The molecule has 0 rings (SSSR count). The zero-order valence-corrected chi connectivity index (χ0v) is 7.31. The highest BCUT2D eigenvalue weighted by atomic mass is 35.5. The van der Waals surface area contributed by atoms with E-state index in [1.807, 2.05) is 0 Å². The molecule has 0 bridgehead atoms. The van der Waals surface area contributed by atoms with Crippen molar-refractivity contribution >= 4 is 17.4 Å². The third kappa shape index (κ3) is 7.56. The third-order valence-corrected chi connectivity index (χ3v) is 1.51. The lowest BCUT2D eigenvalue weighted by atomic mass is 10.2. The fourth-order valence-corrected chi connectivity index (χ4v) is 0.866. The molecule has 0 aromatic carbocycles. The first-order valence-electron chi connectivity index (χ1n) is 3.76. The van der Waals surface area contributed by atoms with Crippen LogP contribution in [0, 0.1) is 0 Å². The Balaban J connectivity index is 3.30. The molecular weight excluding hydrogens is 162 g/mol. The number of rotatable bonds is 6. The molecule has 2 N–H and O–H groups in total. The van der Waals surface area contributed by atoms with Crippen molar-refractivity contribution in [3.8, 4) is 0 Å². The quantitative estimate of drug-likeness (QED) is 0.378. The van der Waals surface area contributed by atoms with Crippen LogP contribution in [0.25, 0.3) is 0 Å². The predicted molar refractivity (Wildman–Crippen MR) is 47.8 cm³/mol. The lowest BCUT2D eigenvalue weighted by Crippen LogP contribution is -1.97. The summed E-state index contributed by atoms with van der Waals surface area (Å²) in [7, 11) is 0. The number of alkyl halides is 1. The smallest absolute Gasteiger partial charge is 0.155 e. The van der Waals surface area contributed by atoms with Crippen LogP contribution in [-0.2, 0) is 4.79 Å². The molecule has 0 aliphatic carbocycles. The SMILES string of the molecule is NCC=CC(=O)CCCCCl. The highest BCUT2D eigenvalue weighted by Crippen LogP contribution is 1.98. The summed E-state index contributed by atoms with van der Waals surface area (Å²) in [5, 5.41) is 0. The maximum Gasteiger partial charge on any atom is 0.155 e. The van der Waals surface area contributed by atoms with Gasteiger partial charge in [0.2, 0.25) is 0 Å². The van der Waals surface area contributed by atoms with Crippen LogP contribution in [0.15, 0.2) is 12.2 Å². The number of hydrogen-bond donors (Lipinski definition) is 1. The fraction of sp³-hybridized carbons (Fsp3) is 0.625. The Kier molecular flexibility index (Phi) is 7.52. The van der Waals surface area contributed by atoms with Gasteiger partial charge in [-0.3, -0.25) is 4.79 Å². The monoisotopic (exact) mass is 175 g/mol. The minimum Gasteiger partial charge on any atom is -0.327 e. The van der Waals surface area contributed by atoms with Crippen molar-refractivity contribution in [3.05, 3.63) is 12.2 Å². The molecule has 0 spiro atoms. The molecule has 0 heterocycles. The predicted octanol–water partition coefficient (Wildman–Crippen LogP) is 1.48. The van der Waals surface area contributed by atoms with E-state index in [9.17, 15) is 4.79 Å². The van der Waals surface area contributed by atoms with Crippen LogP contribution in [0.3, 0.4) is 0 Å². The first kappa shape index (κ1) is 10.7. The van der Waals surface area contributed by atoms with E-state index < -0.39 is 0 Å². The molecule has 0 aromatic heterocycles. The number of allylic oxidation sites excluding steroid dienone is 1. The number of unbranched alkanes of at least 4 members (excludes halogenated alkanes) is 1. The summed E-state index contributed by atoms with van der Waals surface area (Å²) in [5.74, 6) is 0.772. The first-order valence-corrected chi connectivity index (χ1v) is 4.30. The largest absolute Gasteiger partial charge is 0.327 e. The van der Waals surface area contributed by atoms with Gasteiger partial charge in [-0.2, -0.15) is 0 Å². The third-order valence-electron chi connectivity index (χ3n) is 1.25. The van der Waals surface area contributed by atoms with Gasteiger partial charge in [0.05, 0.1) is 0 Å². The van der Waals surface area contributed by atoms with Gasteiger partial charge in [-0.25, -0.2) is 0 Å². The Labute approximate surface area is 72.4 Å². The van der Waals surface area contributed by atoms with Crippen molar-refractivity contribution < 1.29 is 4.79 Å². The van der Waals surface area contributed by atoms with Gasteiger partial charge in [0, 0.05) is 18.8 Å². The van der Waals surface area contributed by atoms with E-state index in [4.69, 9.17) is 17.3 Å². The summed E-state index contributed by atoms with van der Waals surface area (Å²) in [6.07, 6.45) is 5.57. The Hall–Kier alpha value is -0.340. The van der Waals surface area contributed by atoms with Crippen LogP contribution >= 0.6 is 11.6 Å². The summed E-state index contributed by atoms with van der Waals surface area (Å²) >= 11 is 5.44. The van der Waals surface area contributed by atoms with Crippen molar-refractivity contribution in [2.75, 3.05) is 12.4 Å². The molecular formula is C8H14ClNO. The lowest BCUT2D eigenvalue weighted by molar-refractivity contribution is -0.114. The molecule has 0 saturated heterocycles. The van der Waals surface area contributed by atoms with Gasteiger partial charge in [-0.05, 0) is 18.9 Å². The molecule has 0 aromatic rings. The first-order chi connectivity index (χ1) is 5.31. The maximum atomic E-state index is 10.9. The van der Waals surface area contributed by atoms with E-state index in [0.717, 1.165) is 12.8 Å². The Morgan fingerprint density at radius 2 is 2.18 bits per heavy atom. The summed E-state index contributed by atoms with van der Waals surface area (Å²) < 4.78 is 0. The van der Waals surface area contributed by atoms with E-state index >= 15 is 0 Å². The molecule has 0 unspecified atom stereocenters. The number of carbonyl (C=O) groups is 1. The van der Waals surface area contributed by atoms with Gasteiger partial charge in [-0.15, -0.1) is 11.6 Å². The van der Waals surface area contributed by atoms with Gasteiger partial charge in [-0.1, -0.05) is 6.08 Å². The topological polar surface area (TPSA) is 43.1 Å². The summed E-state index contributed by atoms with van der Waals surface area (Å²) in [6, 6.07) is 0. The molecule has 0 saturated carbocycles. The van der Waals surface area contributed by atoms with Gasteiger partial charge < -0.3 is 5.73 Å². The van der Waals surface area contributed by atoms with Crippen molar-refractivity contribution in [3.63, 3.8) is 0 Å². The Morgan fingerprint density at radius 3 is 2.73 bits per heavy atom. The summed E-state index contributed by atoms with van der Waals surface area (Å²) in [5.41, 5.74) is 5.17. The molecule has 3 heteroatoms. The average Bonchev–Trinajstić information content (AvgIpc) is 2.01. The van der Waals surface area contributed by atoms with Crippen molar-refractivity contribution in [2.45, 2.75) is 19.3 Å². The fourth-order valence-electron chi connectivity index (χ4n) is 0.677. The molecule has 0 aliphatic heterocycles. The standard InChI is InChI=1S/C8H14ClNO/c9-6-2-1-4-8(11)5-3-7-10/h3,5H,1-2,4,6-7,10H2. The van der Waals surface area contributed by atoms with Gasteiger partial charge in [0.15, 0.2) is 5.78 Å². The summed E-state index contributed by atoms with van der Waals surface area (Å²) in [6.45, 7) is 0.432. The Bertz CT molecular complexity index is 134. The van der Waals surface area contributed by atoms with E-state index in [2.05, 4.69) is 0 Å². The molecule has 0 aliphatic rings. The molecule has 0 radical (unpaired) electrons. The van der Waals surface area contributed by atoms with Crippen molar-refractivity contribution in [2.24, 2.45) is 5.73 Å². The molecule has 64 valence electrons. The normalized spacial score (nSPS) is 10.7. The lowest BCUT2D eigenvalue weighted by Gasteiger charge is -1.92. The van der Waals surface area contributed by atoms with E-state index in [1.165, 1.54) is 6.08 Å². The van der Waals surface area contributed by atoms with Crippen molar-refractivity contribution in [1.82, 2.24) is 0 Å². The number of ketones is 1. The Morgan fingerprint density at radius 1 is 1.45 bits per heavy atom. The van der Waals surface area contributed by atoms with Crippen LogP contribution in [0.2, 0.25) is 0 Å². The van der Waals surface area contributed by atoms with Gasteiger partial charge >= 0.3 is 0 Å². The van der Waals surface area contributed by atoms with E-state index in [1.54, 1.807) is 6.08 Å². The number of carbonyl (C=O) groups excluding carboxylic acids is 1. The van der Waals surface area contributed by atoms with Crippen LogP contribution in [-0.4, -0.2) is 18.2 Å². The molecule has 0 atom stereocenters. The second-order valence-corrected chi connectivity index (χ2v) is 2.63. The van der Waals surface area contributed by atoms with Crippen LogP contribution < -0.4 is 5.73 Å². The van der Waals surface area contributed by atoms with Crippen molar-refractivity contribution in [1.29, 1.82) is 0 Å². The molecule has 0 amide bonds. The minimum atomic E-state index is 0.139. The van der Waals surface area contributed by atoms with Crippen LogP contribution in [0.1, 0.15) is 19.3 Å². The number of hydrogen-bond acceptors (Lipinski definition) is 2. The highest BCUT2D eigenvalue weighted by molar-refractivity contribution is 6.17. The summed E-state index contributed by atoms with van der Waals surface area (Å²) in [4.78, 5) is 10.9. The number of halogens is 1. The second kappa shape index (κ2) is 7.76.